The molecule has 0 spiro atoms. The molecule has 1 aliphatic carbocycles. The van der Waals surface area contributed by atoms with Gasteiger partial charge in [-0.1, -0.05) is 6.92 Å². The molecule has 1 saturated carbocycles. The molecule has 0 aromatic carbocycles. The number of nitrogens with two attached hydrogens (primary N) is 1. The lowest BCUT2D eigenvalue weighted by Crippen LogP contribution is -2.46. The zero-order chi connectivity index (χ0) is 12.4. The van der Waals surface area contributed by atoms with Gasteiger partial charge in [0.05, 0.1) is 5.25 Å². The van der Waals surface area contributed by atoms with Gasteiger partial charge in [0.25, 0.3) is 0 Å². The molecule has 1 aliphatic rings. The molecule has 2 rings (SSSR count). The molecule has 5 atom stereocenters. The van der Waals surface area contributed by atoms with E-state index >= 15 is 0 Å². The Bertz CT molecular complexity index is 384. The molecular weight excluding hydrogens is 232 g/mol. The number of pyridine rings is 1. The van der Waals surface area contributed by atoms with E-state index in [0.717, 1.165) is 12.8 Å². The van der Waals surface area contributed by atoms with E-state index in [2.05, 4.69) is 24.0 Å². The molecule has 17 heavy (non-hydrogen) atoms. The Morgan fingerprint density at radius 2 is 2.00 bits per heavy atom. The molecular formula is C13H20N2OS. The number of hydrogen-bond donors (Lipinski definition) is 1. The van der Waals surface area contributed by atoms with Gasteiger partial charge in [-0.2, -0.15) is 0 Å². The Morgan fingerprint density at radius 3 is 2.53 bits per heavy atom. The van der Waals surface area contributed by atoms with Crippen LogP contribution in [-0.4, -0.2) is 26.7 Å². The van der Waals surface area contributed by atoms with Gasteiger partial charge in [0, 0.05) is 35.5 Å². The van der Waals surface area contributed by atoms with Crippen molar-refractivity contribution in [3.05, 3.63) is 30.1 Å². The van der Waals surface area contributed by atoms with Gasteiger partial charge in [-0.25, -0.2) is 0 Å². The molecule has 94 valence electrons. The number of rotatable bonds is 2. The van der Waals surface area contributed by atoms with Crippen LogP contribution in [-0.2, 0) is 10.8 Å². The van der Waals surface area contributed by atoms with Gasteiger partial charge in [0.2, 0.25) is 0 Å². The van der Waals surface area contributed by atoms with Crippen LogP contribution in [0.5, 0.6) is 0 Å². The average Bonchev–Trinajstić information content (AvgIpc) is 2.28. The normalized spacial score (nSPS) is 35.5. The van der Waals surface area contributed by atoms with E-state index in [1.165, 1.54) is 5.56 Å². The molecule has 1 aromatic rings. The third-order valence-corrected chi connectivity index (χ3v) is 5.34. The minimum absolute atomic E-state index is 0.0442. The molecule has 0 saturated heterocycles. The third-order valence-electron chi connectivity index (χ3n) is 3.76. The first-order chi connectivity index (χ1) is 8.09. The highest BCUT2D eigenvalue weighted by Gasteiger charge is 2.36. The Balaban J connectivity index is 2.14. The predicted octanol–water partition coefficient (Wildman–Crippen LogP) is 1.67. The zero-order valence-corrected chi connectivity index (χ0v) is 11.2. The maximum Gasteiger partial charge on any atom is 0.0522 e. The van der Waals surface area contributed by atoms with E-state index in [4.69, 9.17) is 5.73 Å². The molecule has 1 fully saturated rings. The van der Waals surface area contributed by atoms with Gasteiger partial charge >= 0.3 is 0 Å². The van der Waals surface area contributed by atoms with Crippen LogP contribution in [0.2, 0.25) is 0 Å². The lowest BCUT2D eigenvalue weighted by Gasteiger charge is -2.37. The Kier molecular flexibility index (Phi) is 3.94. The summed E-state index contributed by atoms with van der Waals surface area (Å²) in [4.78, 5) is 4.04. The minimum atomic E-state index is -0.821. The maximum atomic E-state index is 11.7. The van der Waals surface area contributed by atoms with E-state index in [-0.39, 0.29) is 11.3 Å². The van der Waals surface area contributed by atoms with Crippen molar-refractivity contribution in [2.75, 3.05) is 6.26 Å². The Labute approximate surface area is 105 Å². The van der Waals surface area contributed by atoms with Crippen molar-refractivity contribution in [3.63, 3.8) is 0 Å². The maximum absolute atomic E-state index is 11.7. The lowest BCUT2D eigenvalue weighted by molar-refractivity contribution is 0.315. The predicted molar refractivity (Wildman–Crippen MR) is 71.2 cm³/mol. The Hall–Kier alpha value is -0.740. The highest BCUT2D eigenvalue weighted by atomic mass is 32.2. The minimum Gasteiger partial charge on any atom is -0.327 e. The van der Waals surface area contributed by atoms with Crippen LogP contribution in [0.3, 0.4) is 0 Å². The topological polar surface area (TPSA) is 56.0 Å². The summed E-state index contributed by atoms with van der Waals surface area (Å²) >= 11 is 0. The third kappa shape index (κ3) is 2.75. The van der Waals surface area contributed by atoms with Gasteiger partial charge in [0.15, 0.2) is 0 Å². The van der Waals surface area contributed by atoms with Crippen molar-refractivity contribution in [3.8, 4) is 0 Å². The molecule has 1 aromatic heterocycles. The van der Waals surface area contributed by atoms with Gasteiger partial charge in [0.1, 0.15) is 0 Å². The van der Waals surface area contributed by atoms with Crippen molar-refractivity contribution < 1.29 is 4.21 Å². The molecule has 0 aliphatic heterocycles. The van der Waals surface area contributed by atoms with Gasteiger partial charge < -0.3 is 5.73 Å². The lowest BCUT2D eigenvalue weighted by atomic mass is 9.76. The first-order valence-electron chi connectivity index (χ1n) is 6.07. The van der Waals surface area contributed by atoms with Crippen molar-refractivity contribution in [1.29, 1.82) is 0 Å². The zero-order valence-electron chi connectivity index (χ0n) is 10.4. The highest BCUT2D eigenvalue weighted by Crippen LogP contribution is 2.37. The molecule has 2 N–H and O–H groups in total. The van der Waals surface area contributed by atoms with Crippen LogP contribution in [0, 0.1) is 5.92 Å². The molecule has 3 nitrogen and oxygen atoms in total. The van der Waals surface area contributed by atoms with Crippen molar-refractivity contribution in [2.45, 2.75) is 37.0 Å². The van der Waals surface area contributed by atoms with Crippen LogP contribution < -0.4 is 5.73 Å². The van der Waals surface area contributed by atoms with E-state index in [1.807, 2.05) is 12.4 Å². The summed E-state index contributed by atoms with van der Waals surface area (Å²) < 4.78 is 11.7. The monoisotopic (exact) mass is 252 g/mol. The molecule has 1 heterocycles. The van der Waals surface area contributed by atoms with E-state index in [0.29, 0.717) is 11.8 Å². The van der Waals surface area contributed by atoms with Gasteiger partial charge in [-0.3, -0.25) is 9.19 Å². The second kappa shape index (κ2) is 5.27. The van der Waals surface area contributed by atoms with E-state index in [1.54, 1.807) is 6.26 Å². The molecule has 0 amide bonds. The van der Waals surface area contributed by atoms with E-state index in [9.17, 15) is 4.21 Å². The van der Waals surface area contributed by atoms with Crippen molar-refractivity contribution in [1.82, 2.24) is 4.98 Å². The van der Waals surface area contributed by atoms with Crippen LogP contribution in [0.1, 0.15) is 31.2 Å². The molecule has 4 heteroatoms. The van der Waals surface area contributed by atoms with Gasteiger partial charge in [-0.05, 0) is 42.4 Å². The molecule has 0 radical (unpaired) electrons. The summed E-state index contributed by atoms with van der Waals surface area (Å²) in [6.07, 6.45) is 7.43. The standard InChI is InChI=1S/C13H20N2OS/c1-9-7-11(10-3-5-15-6-4-10)8-12(14)13(9)17(2)16/h3-6,9,11-13H,7-8,14H2,1-2H3/t9-,11+,12+,13+,17-/m0/s1. The largest absolute Gasteiger partial charge is 0.327 e. The van der Waals surface area contributed by atoms with Crippen LogP contribution in [0.25, 0.3) is 0 Å². The van der Waals surface area contributed by atoms with E-state index < -0.39 is 10.8 Å². The quantitative estimate of drug-likeness (QED) is 0.871. The smallest absolute Gasteiger partial charge is 0.0522 e. The van der Waals surface area contributed by atoms with Gasteiger partial charge in [-0.15, -0.1) is 0 Å². The summed E-state index contributed by atoms with van der Waals surface area (Å²) in [6, 6.07) is 4.17. The number of nitrogens with zero attached hydrogens (tertiary/aromatic N) is 1. The van der Waals surface area contributed by atoms with Crippen molar-refractivity contribution >= 4 is 10.8 Å². The second-order valence-corrected chi connectivity index (χ2v) is 6.59. The Morgan fingerprint density at radius 1 is 1.35 bits per heavy atom. The fourth-order valence-electron chi connectivity index (χ4n) is 3.04. The summed E-state index contributed by atoms with van der Waals surface area (Å²) in [6.45, 7) is 2.17. The summed E-state index contributed by atoms with van der Waals surface area (Å²) in [7, 11) is -0.821. The summed E-state index contributed by atoms with van der Waals surface area (Å²) in [5, 5.41) is 0.146. The summed E-state index contributed by atoms with van der Waals surface area (Å²) in [5.74, 6) is 0.908. The fraction of sp³-hybridized carbons (Fsp3) is 0.615. The fourth-order valence-corrected chi connectivity index (χ4v) is 4.41. The first-order valence-corrected chi connectivity index (χ1v) is 7.69. The molecule has 0 bridgehead atoms. The van der Waals surface area contributed by atoms with Crippen LogP contribution >= 0.6 is 0 Å². The highest BCUT2D eigenvalue weighted by molar-refractivity contribution is 7.85. The van der Waals surface area contributed by atoms with Crippen molar-refractivity contribution in [2.24, 2.45) is 11.7 Å². The average molecular weight is 252 g/mol. The first kappa shape index (κ1) is 12.7. The SMILES string of the molecule is C[C@H]1C[C@@H](c2ccncc2)C[C@@H](N)[C@@H]1[S@](C)=O. The summed E-state index contributed by atoms with van der Waals surface area (Å²) in [5.41, 5.74) is 7.50. The number of aromatic nitrogens is 1. The molecule has 0 unspecified atom stereocenters. The number of hydrogen-bond acceptors (Lipinski definition) is 3. The second-order valence-electron chi connectivity index (χ2n) is 5.05. The van der Waals surface area contributed by atoms with Crippen LogP contribution in [0.4, 0.5) is 0 Å². The van der Waals surface area contributed by atoms with Crippen LogP contribution in [0.15, 0.2) is 24.5 Å².